The fraction of sp³-hybridized carbons (Fsp3) is 0.308. The van der Waals surface area contributed by atoms with Gasteiger partial charge in [-0.1, -0.05) is 38.0 Å². The number of likely N-dealkylation sites (tertiary alicyclic amines) is 1. The number of amides is 2. The van der Waals surface area contributed by atoms with E-state index in [4.69, 9.17) is 4.42 Å². The summed E-state index contributed by atoms with van der Waals surface area (Å²) < 4.78 is 5.36. The van der Waals surface area contributed by atoms with Crippen molar-refractivity contribution in [2.45, 2.75) is 45.1 Å². The molecule has 0 radical (unpaired) electrons. The number of aryl methyl sites for hydroxylation is 1. The Hall–Kier alpha value is -3.74. The van der Waals surface area contributed by atoms with E-state index in [0.29, 0.717) is 24.3 Å². The normalized spacial score (nSPS) is 15.7. The van der Waals surface area contributed by atoms with Gasteiger partial charge < -0.3 is 14.6 Å². The topological polar surface area (TPSA) is 92.5 Å². The fourth-order valence-electron chi connectivity index (χ4n) is 4.08. The Morgan fingerprint density at radius 2 is 2.06 bits per heavy atom. The van der Waals surface area contributed by atoms with Crippen LogP contribution in [0.1, 0.15) is 48.7 Å². The second-order valence-corrected chi connectivity index (χ2v) is 8.36. The molecule has 2 aromatic heterocycles. The van der Waals surface area contributed by atoms with Crippen LogP contribution in [0.25, 0.3) is 10.9 Å². The molecule has 33 heavy (non-hydrogen) atoms. The Kier molecular flexibility index (Phi) is 6.68. The number of hydrogen-bond acceptors (Lipinski definition) is 5. The first kappa shape index (κ1) is 22.5. The number of hydrogen-bond donors (Lipinski definition) is 1. The van der Waals surface area contributed by atoms with Gasteiger partial charge in [-0.3, -0.25) is 14.6 Å². The molecule has 3 heterocycles. The van der Waals surface area contributed by atoms with E-state index in [1.54, 1.807) is 18.3 Å². The van der Waals surface area contributed by atoms with E-state index in [2.05, 4.69) is 23.8 Å². The van der Waals surface area contributed by atoms with E-state index >= 15 is 0 Å². The number of anilines is 1. The van der Waals surface area contributed by atoms with Gasteiger partial charge in [-0.15, -0.1) is 0 Å². The van der Waals surface area contributed by atoms with E-state index in [1.165, 1.54) is 11.0 Å². The molecule has 1 N–H and O–H groups in total. The average Bonchev–Trinajstić information content (AvgIpc) is 3.21. The van der Waals surface area contributed by atoms with Crippen LogP contribution in [0, 0.1) is 0 Å². The van der Waals surface area contributed by atoms with Crippen molar-refractivity contribution in [2.24, 2.45) is 0 Å². The Labute approximate surface area is 192 Å². The maximum atomic E-state index is 13.2. The number of benzene rings is 1. The second-order valence-electron chi connectivity index (χ2n) is 8.36. The molecule has 0 aliphatic carbocycles. The second kappa shape index (κ2) is 9.81. The van der Waals surface area contributed by atoms with Crippen LogP contribution in [0.4, 0.5) is 5.69 Å². The van der Waals surface area contributed by atoms with Crippen molar-refractivity contribution in [1.82, 2.24) is 9.88 Å². The van der Waals surface area contributed by atoms with Gasteiger partial charge in [0.15, 0.2) is 0 Å². The van der Waals surface area contributed by atoms with Crippen LogP contribution in [0.2, 0.25) is 0 Å². The SMILES string of the molecule is C=C1C[C@@H](C(=O)Nc2ccc3ncccc3c2)N(C(=O)c2ccc(CCCCC)oc2=O)C1. The summed E-state index contributed by atoms with van der Waals surface area (Å²) in [5.41, 5.74) is 1.45. The van der Waals surface area contributed by atoms with Gasteiger partial charge in [0.05, 0.1) is 5.52 Å². The molecule has 1 aromatic carbocycles. The van der Waals surface area contributed by atoms with Crippen LogP contribution in [-0.2, 0) is 11.2 Å². The van der Waals surface area contributed by atoms with Crippen molar-refractivity contribution in [1.29, 1.82) is 0 Å². The van der Waals surface area contributed by atoms with Gasteiger partial charge in [0, 0.05) is 30.2 Å². The summed E-state index contributed by atoms with van der Waals surface area (Å²) in [6.45, 7) is 6.28. The molecule has 1 atom stereocenters. The van der Waals surface area contributed by atoms with Crippen LogP contribution in [0.15, 0.2) is 70.0 Å². The molecule has 1 aliphatic heterocycles. The molecule has 7 heteroatoms. The van der Waals surface area contributed by atoms with Crippen molar-refractivity contribution in [3.05, 3.63) is 82.6 Å². The molecule has 1 aliphatic rings. The number of unbranched alkanes of at least 4 members (excludes halogenated alkanes) is 2. The van der Waals surface area contributed by atoms with Gasteiger partial charge in [-0.05, 0) is 49.2 Å². The standard InChI is InChI=1S/C26H27N3O4/c1-3-4-5-8-20-10-11-21(26(32)33-20)25(31)29-16-17(2)14-23(29)24(30)28-19-9-12-22-18(15-19)7-6-13-27-22/h6-7,9-13,15,23H,2-5,8,14,16H2,1H3,(H,28,30)/t23-/m0/s1. The summed E-state index contributed by atoms with van der Waals surface area (Å²) in [6, 6.07) is 11.6. The molecule has 4 rings (SSSR count). The zero-order chi connectivity index (χ0) is 23.4. The predicted octanol–water partition coefficient (Wildman–Crippen LogP) is 4.33. The number of pyridine rings is 1. The maximum Gasteiger partial charge on any atom is 0.348 e. The maximum absolute atomic E-state index is 13.2. The van der Waals surface area contributed by atoms with E-state index in [0.717, 1.165) is 35.7 Å². The Morgan fingerprint density at radius 1 is 1.21 bits per heavy atom. The number of carbonyl (C=O) groups is 2. The Balaban J connectivity index is 1.50. The minimum atomic E-state index is -0.752. The predicted molar refractivity (Wildman–Crippen MR) is 127 cm³/mol. The van der Waals surface area contributed by atoms with Crippen molar-refractivity contribution >= 4 is 28.4 Å². The van der Waals surface area contributed by atoms with Crippen LogP contribution >= 0.6 is 0 Å². The lowest BCUT2D eigenvalue weighted by molar-refractivity contribution is -0.119. The van der Waals surface area contributed by atoms with E-state index < -0.39 is 17.6 Å². The zero-order valence-corrected chi connectivity index (χ0v) is 18.7. The minimum Gasteiger partial charge on any atom is -0.427 e. The molecule has 1 saturated heterocycles. The number of nitrogens with zero attached hydrogens (tertiary/aromatic N) is 2. The van der Waals surface area contributed by atoms with Gasteiger partial charge in [0.25, 0.3) is 5.91 Å². The Bertz CT molecular complexity index is 1260. The molecular weight excluding hydrogens is 418 g/mol. The van der Waals surface area contributed by atoms with Crippen LogP contribution in [0.3, 0.4) is 0 Å². The lowest BCUT2D eigenvalue weighted by Gasteiger charge is -2.23. The third kappa shape index (κ3) is 5.03. The summed E-state index contributed by atoms with van der Waals surface area (Å²) in [4.78, 5) is 44.4. The van der Waals surface area contributed by atoms with Gasteiger partial charge in [0.2, 0.25) is 5.91 Å². The number of aromatic nitrogens is 1. The number of carbonyl (C=O) groups excluding carboxylic acids is 2. The molecule has 0 spiro atoms. The molecule has 3 aromatic rings. The van der Waals surface area contributed by atoms with Crippen LogP contribution < -0.4 is 10.9 Å². The molecule has 2 amide bonds. The van der Waals surface area contributed by atoms with Gasteiger partial charge in [0.1, 0.15) is 17.4 Å². The monoisotopic (exact) mass is 445 g/mol. The van der Waals surface area contributed by atoms with Gasteiger partial charge >= 0.3 is 5.63 Å². The highest BCUT2D eigenvalue weighted by molar-refractivity contribution is 6.02. The highest BCUT2D eigenvalue weighted by atomic mass is 16.4. The quantitative estimate of drug-likeness (QED) is 0.432. The fourth-order valence-corrected chi connectivity index (χ4v) is 4.08. The summed E-state index contributed by atoms with van der Waals surface area (Å²) in [5.74, 6) is -0.285. The summed E-state index contributed by atoms with van der Waals surface area (Å²) in [7, 11) is 0. The molecular formula is C26H27N3O4. The molecule has 1 fully saturated rings. The lowest BCUT2D eigenvalue weighted by Crippen LogP contribution is -2.44. The summed E-state index contributed by atoms with van der Waals surface area (Å²) >= 11 is 0. The van der Waals surface area contributed by atoms with Crippen molar-refractivity contribution in [3.63, 3.8) is 0 Å². The first-order valence-corrected chi connectivity index (χ1v) is 11.2. The van der Waals surface area contributed by atoms with Gasteiger partial charge in [-0.25, -0.2) is 4.79 Å². The van der Waals surface area contributed by atoms with Crippen LogP contribution in [0.5, 0.6) is 0 Å². The molecule has 7 nitrogen and oxygen atoms in total. The van der Waals surface area contributed by atoms with Gasteiger partial charge in [-0.2, -0.15) is 0 Å². The van der Waals surface area contributed by atoms with E-state index in [1.807, 2.05) is 24.3 Å². The highest BCUT2D eigenvalue weighted by Crippen LogP contribution is 2.25. The molecule has 0 saturated carbocycles. The molecule has 0 unspecified atom stereocenters. The number of fused-ring (bicyclic) bond motifs is 1. The Morgan fingerprint density at radius 3 is 2.85 bits per heavy atom. The summed E-state index contributed by atoms with van der Waals surface area (Å²) in [5, 5.41) is 3.78. The van der Waals surface area contributed by atoms with E-state index in [-0.39, 0.29) is 18.0 Å². The lowest BCUT2D eigenvalue weighted by atomic mass is 10.1. The number of rotatable bonds is 7. The first-order valence-electron chi connectivity index (χ1n) is 11.2. The molecule has 170 valence electrons. The highest BCUT2D eigenvalue weighted by Gasteiger charge is 2.37. The summed E-state index contributed by atoms with van der Waals surface area (Å²) in [6.07, 6.45) is 5.75. The minimum absolute atomic E-state index is 0.0708. The van der Waals surface area contributed by atoms with Crippen molar-refractivity contribution < 1.29 is 14.0 Å². The molecule has 0 bridgehead atoms. The zero-order valence-electron chi connectivity index (χ0n) is 18.7. The van der Waals surface area contributed by atoms with Crippen molar-refractivity contribution in [2.75, 3.05) is 11.9 Å². The number of nitrogens with one attached hydrogen (secondary N) is 1. The van der Waals surface area contributed by atoms with Crippen LogP contribution in [-0.4, -0.2) is 34.3 Å². The third-order valence-corrected chi connectivity index (χ3v) is 5.82. The first-order chi connectivity index (χ1) is 16.0. The largest absolute Gasteiger partial charge is 0.427 e. The third-order valence-electron chi connectivity index (χ3n) is 5.82. The average molecular weight is 446 g/mol. The van der Waals surface area contributed by atoms with E-state index in [9.17, 15) is 14.4 Å². The van der Waals surface area contributed by atoms with Crippen molar-refractivity contribution in [3.8, 4) is 0 Å². The smallest absolute Gasteiger partial charge is 0.348 e.